The van der Waals surface area contributed by atoms with Crippen LogP contribution >= 0.6 is 0 Å². The molecule has 0 radical (unpaired) electrons. The number of nitrogens with zero attached hydrogens (tertiary/aromatic N) is 1. The van der Waals surface area contributed by atoms with Crippen molar-refractivity contribution in [3.8, 4) is 11.3 Å². The number of rotatable bonds is 5. The lowest BCUT2D eigenvalue weighted by molar-refractivity contribution is 0.0211. The van der Waals surface area contributed by atoms with Gasteiger partial charge in [-0.2, -0.15) is 0 Å². The molecule has 26 heavy (non-hydrogen) atoms. The fourth-order valence-corrected chi connectivity index (χ4v) is 4.42. The molecule has 3 aliphatic rings. The maximum Gasteiger partial charge on any atom is 0.287 e. The molecule has 2 N–H and O–H groups in total. The van der Waals surface area contributed by atoms with Gasteiger partial charge in [-0.1, -0.05) is 12.1 Å². The topological polar surface area (TPSA) is 57.5 Å². The summed E-state index contributed by atoms with van der Waals surface area (Å²) in [5, 5.41) is 6.57. The minimum Gasteiger partial charge on any atom is -0.451 e. The van der Waals surface area contributed by atoms with Crippen molar-refractivity contribution < 1.29 is 9.21 Å². The molecule has 3 saturated heterocycles. The van der Waals surface area contributed by atoms with Gasteiger partial charge in [0.15, 0.2) is 5.76 Å². The van der Waals surface area contributed by atoms with Crippen molar-refractivity contribution in [2.75, 3.05) is 25.0 Å². The summed E-state index contributed by atoms with van der Waals surface area (Å²) in [5.41, 5.74) is 1.99. The molecule has 1 aromatic heterocycles. The largest absolute Gasteiger partial charge is 0.451 e. The number of para-hydroxylation sites is 1. The van der Waals surface area contributed by atoms with Crippen molar-refractivity contribution in [1.29, 1.82) is 0 Å². The van der Waals surface area contributed by atoms with Gasteiger partial charge in [0.1, 0.15) is 5.76 Å². The summed E-state index contributed by atoms with van der Waals surface area (Å²) < 4.78 is 5.91. The predicted octanol–water partition coefficient (Wildman–Crippen LogP) is 3.59. The SMILES string of the molecule is CCNc1ccccc1-c1ccc(C(=O)N[C@@H]2C3CCN(CC3)[C@@H]2C)o1. The summed E-state index contributed by atoms with van der Waals surface area (Å²) in [6.45, 7) is 7.43. The molecule has 2 atom stereocenters. The number of carbonyl (C=O) groups excluding carboxylic acids is 1. The van der Waals surface area contributed by atoms with Gasteiger partial charge in [-0.05, 0) is 70.0 Å². The highest BCUT2D eigenvalue weighted by Crippen LogP contribution is 2.33. The van der Waals surface area contributed by atoms with Crippen LogP contribution in [0.15, 0.2) is 40.8 Å². The summed E-state index contributed by atoms with van der Waals surface area (Å²) >= 11 is 0. The van der Waals surface area contributed by atoms with E-state index in [0.717, 1.165) is 30.9 Å². The number of piperidine rings is 3. The van der Waals surface area contributed by atoms with Crippen LogP contribution in [0.1, 0.15) is 37.2 Å². The van der Waals surface area contributed by atoms with Crippen molar-refractivity contribution in [2.24, 2.45) is 5.92 Å². The molecule has 1 aromatic carbocycles. The predicted molar refractivity (Wildman–Crippen MR) is 103 cm³/mol. The van der Waals surface area contributed by atoms with Gasteiger partial charge < -0.3 is 15.1 Å². The molecule has 0 aliphatic carbocycles. The molecule has 4 heterocycles. The number of hydrogen-bond acceptors (Lipinski definition) is 4. The Bertz CT molecular complexity index is 775. The van der Waals surface area contributed by atoms with Crippen LogP contribution in [0.3, 0.4) is 0 Å². The number of furan rings is 1. The summed E-state index contributed by atoms with van der Waals surface area (Å²) in [7, 11) is 0. The molecule has 0 spiro atoms. The summed E-state index contributed by atoms with van der Waals surface area (Å²) in [4.78, 5) is 15.2. The van der Waals surface area contributed by atoms with Crippen LogP contribution in [0.25, 0.3) is 11.3 Å². The van der Waals surface area contributed by atoms with E-state index >= 15 is 0 Å². The smallest absolute Gasteiger partial charge is 0.287 e. The van der Waals surface area contributed by atoms with E-state index in [-0.39, 0.29) is 11.9 Å². The molecule has 0 unspecified atom stereocenters. The van der Waals surface area contributed by atoms with Gasteiger partial charge in [-0.25, -0.2) is 0 Å². The fraction of sp³-hybridized carbons (Fsp3) is 0.476. The first kappa shape index (κ1) is 17.2. The van der Waals surface area contributed by atoms with Crippen molar-refractivity contribution in [1.82, 2.24) is 10.2 Å². The molecular formula is C21H27N3O2. The Labute approximate surface area is 154 Å². The molecule has 2 bridgehead atoms. The minimum atomic E-state index is -0.109. The average molecular weight is 353 g/mol. The monoisotopic (exact) mass is 353 g/mol. The Balaban J connectivity index is 1.50. The van der Waals surface area contributed by atoms with Crippen LogP contribution in [-0.4, -0.2) is 42.5 Å². The van der Waals surface area contributed by atoms with Crippen molar-refractivity contribution in [3.05, 3.63) is 42.2 Å². The van der Waals surface area contributed by atoms with Crippen molar-refractivity contribution >= 4 is 11.6 Å². The van der Waals surface area contributed by atoms with Gasteiger partial charge in [-0.3, -0.25) is 9.69 Å². The Hall–Kier alpha value is -2.27. The third-order valence-corrected chi connectivity index (χ3v) is 5.87. The van der Waals surface area contributed by atoms with Crippen LogP contribution in [0, 0.1) is 5.92 Å². The number of fused-ring (bicyclic) bond motifs is 3. The molecule has 138 valence electrons. The molecule has 2 aromatic rings. The van der Waals surface area contributed by atoms with E-state index in [4.69, 9.17) is 4.42 Å². The Morgan fingerprint density at radius 2 is 1.96 bits per heavy atom. The Morgan fingerprint density at radius 1 is 1.19 bits per heavy atom. The number of hydrogen-bond donors (Lipinski definition) is 2. The van der Waals surface area contributed by atoms with Gasteiger partial charge in [0.2, 0.25) is 0 Å². The van der Waals surface area contributed by atoms with Crippen molar-refractivity contribution in [2.45, 2.75) is 38.8 Å². The second-order valence-corrected chi connectivity index (χ2v) is 7.35. The molecule has 5 rings (SSSR count). The summed E-state index contributed by atoms with van der Waals surface area (Å²) in [5.74, 6) is 1.58. The Kier molecular flexibility index (Phi) is 4.72. The first-order valence-electron chi connectivity index (χ1n) is 9.65. The molecule has 3 aliphatic heterocycles. The molecule has 5 nitrogen and oxygen atoms in total. The first-order chi connectivity index (χ1) is 12.7. The van der Waals surface area contributed by atoms with E-state index in [9.17, 15) is 4.79 Å². The van der Waals surface area contributed by atoms with Gasteiger partial charge in [-0.15, -0.1) is 0 Å². The van der Waals surface area contributed by atoms with Crippen LogP contribution in [0.5, 0.6) is 0 Å². The van der Waals surface area contributed by atoms with Gasteiger partial charge >= 0.3 is 0 Å². The minimum absolute atomic E-state index is 0.109. The quantitative estimate of drug-likeness (QED) is 0.862. The zero-order valence-electron chi connectivity index (χ0n) is 15.5. The van der Waals surface area contributed by atoms with E-state index in [2.05, 4.69) is 29.4 Å². The second-order valence-electron chi connectivity index (χ2n) is 7.35. The van der Waals surface area contributed by atoms with E-state index in [0.29, 0.717) is 23.5 Å². The molecule has 3 fully saturated rings. The van der Waals surface area contributed by atoms with Crippen LogP contribution in [0.4, 0.5) is 5.69 Å². The summed E-state index contributed by atoms with van der Waals surface area (Å²) in [6, 6.07) is 12.3. The lowest BCUT2D eigenvalue weighted by Gasteiger charge is -2.49. The third kappa shape index (κ3) is 3.12. The normalized spacial score (nSPS) is 27.3. The molecule has 0 saturated carbocycles. The molecular weight excluding hydrogens is 326 g/mol. The first-order valence-corrected chi connectivity index (χ1v) is 9.65. The lowest BCUT2D eigenvalue weighted by Crippen LogP contribution is -2.62. The number of amides is 1. The van der Waals surface area contributed by atoms with Crippen molar-refractivity contribution in [3.63, 3.8) is 0 Å². The highest BCUT2D eigenvalue weighted by Gasteiger charge is 2.40. The highest BCUT2D eigenvalue weighted by atomic mass is 16.3. The second kappa shape index (κ2) is 7.16. The van der Waals surface area contributed by atoms with Gasteiger partial charge in [0, 0.05) is 29.9 Å². The Morgan fingerprint density at radius 3 is 2.69 bits per heavy atom. The molecule has 1 amide bonds. The number of benzene rings is 1. The number of carbonyl (C=O) groups is 1. The fourth-order valence-electron chi connectivity index (χ4n) is 4.42. The number of nitrogens with one attached hydrogen (secondary N) is 2. The van der Waals surface area contributed by atoms with Gasteiger partial charge in [0.25, 0.3) is 5.91 Å². The van der Waals surface area contributed by atoms with Gasteiger partial charge in [0.05, 0.1) is 0 Å². The van der Waals surface area contributed by atoms with Crippen LogP contribution in [0.2, 0.25) is 0 Å². The van der Waals surface area contributed by atoms with E-state index in [1.807, 2.05) is 30.3 Å². The van der Waals surface area contributed by atoms with E-state index in [1.165, 1.54) is 12.8 Å². The highest BCUT2D eigenvalue weighted by molar-refractivity contribution is 5.92. The zero-order chi connectivity index (χ0) is 18.1. The molecule has 5 heteroatoms. The maximum absolute atomic E-state index is 12.8. The van der Waals surface area contributed by atoms with E-state index < -0.39 is 0 Å². The lowest BCUT2D eigenvalue weighted by atomic mass is 9.79. The van der Waals surface area contributed by atoms with E-state index in [1.54, 1.807) is 6.07 Å². The van der Waals surface area contributed by atoms with Crippen LogP contribution < -0.4 is 10.6 Å². The van der Waals surface area contributed by atoms with Crippen LogP contribution in [-0.2, 0) is 0 Å². The zero-order valence-corrected chi connectivity index (χ0v) is 15.5. The standard InChI is InChI=1S/C21H27N3O2/c1-3-22-17-7-5-4-6-16(17)18-8-9-19(26-18)21(25)23-20-14(2)24-12-10-15(20)11-13-24/h4-9,14-15,20,22H,3,10-13H2,1-2H3,(H,23,25)/t14-,20+/m1/s1. The third-order valence-electron chi connectivity index (χ3n) is 5.87. The number of anilines is 1. The summed E-state index contributed by atoms with van der Waals surface area (Å²) in [6.07, 6.45) is 2.35. The maximum atomic E-state index is 12.8. The average Bonchev–Trinajstić information content (AvgIpc) is 3.16.